The summed E-state index contributed by atoms with van der Waals surface area (Å²) in [5, 5.41) is 14.6. The van der Waals surface area contributed by atoms with Crippen LogP contribution in [0, 0.1) is 18.7 Å². The predicted molar refractivity (Wildman–Crippen MR) is 125 cm³/mol. The van der Waals surface area contributed by atoms with Gasteiger partial charge in [0.1, 0.15) is 12.0 Å². The lowest BCUT2D eigenvalue weighted by molar-refractivity contribution is -0.117. The number of anilines is 1. The van der Waals surface area contributed by atoms with Crippen LogP contribution in [0.4, 0.5) is 14.6 Å². The maximum absolute atomic E-state index is 15.7. The van der Waals surface area contributed by atoms with E-state index in [9.17, 15) is 9.18 Å². The van der Waals surface area contributed by atoms with Crippen LogP contribution in [0.2, 0.25) is 5.02 Å². The van der Waals surface area contributed by atoms with Crippen molar-refractivity contribution in [3.05, 3.63) is 59.1 Å². The number of carbonyl (C=O) groups excluding carboxylic acids is 1. The van der Waals surface area contributed by atoms with E-state index in [0.29, 0.717) is 33.4 Å². The summed E-state index contributed by atoms with van der Waals surface area (Å²) in [5.41, 5.74) is 2.87. The molecule has 12 heteroatoms. The Morgan fingerprint density at radius 2 is 2.14 bits per heavy atom. The van der Waals surface area contributed by atoms with Crippen molar-refractivity contribution in [1.29, 1.82) is 0 Å². The smallest absolute Gasteiger partial charge is 0.231 e. The van der Waals surface area contributed by atoms with Crippen LogP contribution < -0.4 is 5.32 Å². The van der Waals surface area contributed by atoms with Gasteiger partial charge in [-0.1, -0.05) is 11.6 Å². The number of benzene rings is 1. The molecule has 1 amide bonds. The Hall–Kier alpha value is -3.86. The number of hydrogen-bond donors (Lipinski definition) is 2. The van der Waals surface area contributed by atoms with Crippen LogP contribution >= 0.6 is 11.6 Å². The topological polar surface area (TPSA) is 106 Å². The van der Waals surface area contributed by atoms with Gasteiger partial charge in [-0.2, -0.15) is 10.2 Å². The SMILES string of the molecule is Cc1ccn(C(C)c2c(F)c(Cl)c(-c3cn4cc(NC(=O)[C@@H]5C[C@@H]5F)nc4cn3)c3cn[nH]c23)n1. The minimum Gasteiger partial charge on any atom is -0.309 e. The largest absolute Gasteiger partial charge is 0.309 e. The van der Waals surface area contributed by atoms with Gasteiger partial charge < -0.3 is 9.72 Å². The van der Waals surface area contributed by atoms with E-state index in [-0.39, 0.29) is 17.3 Å². The molecule has 9 nitrogen and oxygen atoms in total. The van der Waals surface area contributed by atoms with Crippen molar-refractivity contribution >= 4 is 39.9 Å². The first-order valence-corrected chi connectivity index (χ1v) is 11.4. The molecule has 0 spiro atoms. The van der Waals surface area contributed by atoms with Gasteiger partial charge in [0.05, 0.1) is 52.5 Å². The molecule has 1 saturated carbocycles. The molecule has 1 aliphatic rings. The summed E-state index contributed by atoms with van der Waals surface area (Å²) in [6.07, 6.45) is 7.20. The molecule has 1 aliphatic carbocycles. The molecule has 2 N–H and O–H groups in total. The van der Waals surface area contributed by atoms with Crippen molar-refractivity contribution in [2.75, 3.05) is 5.32 Å². The lowest BCUT2D eigenvalue weighted by atomic mass is 9.98. The zero-order valence-electron chi connectivity index (χ0n) is 18.6. The monoisotopic (exact) mass is 496 g/mol. The summed E-state index contributed by atoms with van der Waals surface area (Å²) in [5.74, 6) is -1.35. The van der Waals surface area contributed by atoms with Gasteiger partial charge in [-0.05, 0) is 26.3 Å². The fourth-order valence-corrected chi connectivity index (χ4v) is 4.60. The number of aryl methyl sites for hydroxylation is 1. The summed E-state index contributed by atoms with van der Waals surface area (Å²) in [6, 6.07) is 1.40. The number of hydrogen-bond acceptors (Lipinski definition) is 5. The molecular weight excluding hydrogens is 478 g/mol. The summed E-state index contributed by atoms with van der Waals surface area (Å²) in [6.45, 7) is 3.69. The first kappa shape index (κ1) is 21.7. The number of H-pyrrole nitrogens is 1. The number of carbonyl (C=O) groups is 1. The Morgan fingerprint density at radius 3 is 2.86 bits per heavy atom. The average molecular weight is 497 g/mol. The summed E-state index contributed by atoms with van der Waals surface area (Å²) in [4.78, 5) is 20.8. The highest BCUT2D eigenvalue weighted by molar-refractivity contribution is 6.35. The third-order valence-electron chi connectivity index (χ3n) is 6.28. The van der Waals surface area contributed by atoms with Crippen LogP contribution in [0.1, 0.15) is 30.6 Å². The first-order chi connectivity index (χ1) is 16.8. The Morgan fingerprint density at radius 1 is 1.34 bits per heavy atom. The molecule has 35 heavy (non-hydrogen) atoms. The Bertz CT molecular complexity index is 1620. The van der Waals surface area contributed by atoms with E-state index in [1.807, 2.05) is 19.9 Å². The molecule has 3 atom stereocenters. The predicted octanol–water partition coefficient (Wildman–Crippen LogP) is 4.48. The van der Waals surface area contributed by atoms with E-state index < -0.39 is 29.9 Å². The minimum atomic E-state index is -1.10. The molecule has 1 aromatic carbocycles. The fourth-order valence-electron chi connectivity index (χ4n) is 4.30. The molecule has 0 radical (unpaired) electrons. The quantitative estimate of drug-likeness (QED) is 0.373. The molecular formula is C23H19ClF2N8O. The van der Waals surface area contributed by atoms with E-state index in [4.69, 9.17) is 11.6 Å². The second-order valence-electron chi connectivity index (χ2n) is 8.70. The number of aromatic amines is 1. The first-order valence-electron chi connectivity index (χ1n) is 11.0. The summed E-state index contributed by atoms with van der Waals surface area (Å²) in [7, 11) is 0. The van der Waals surface area contributed by atoms with Crippen LogP contribution in [-0.2, 0) is 4.79 Å². The number of amides is 1. The molecule has 5 aromatic rings. The maximum Gasteiger partial charge on any atom is 0.231 e. The molecule has 4 aromatic heterocycles. The highest BCUT2D eigenvalue weighted by Gasteiger charge is 2.43. The van der Waals surface area contributed by atoms with Gasteiger partial charge in [-0.3, -0.25) is 19.6 Å². The average Bonchev–Trinajstić information content (AvgIpc) is 3.19. The van der Waals surface area contributed by atoms with E-state index in [2.05, 4.69) is 30.6 Å². The standard InChI is InChI=1S/C23H19ClF2N8O/c1-10-3-4-34(32-10)11(2)18-21(26)20(24)19(13-6-28-31-22(13)18)15-8-33-9-16(29-17(33)7-27-15)30-23(35)12-5-14(12)25/h3-4,6-9,11-12,14H,5H2,1-2H3,(H,28,31)(H,30,35)/t11?,12-,14+/m1/s1. The number of rotatable bonds is 5. The Kier molecular flexibility index (Phi) is 4.85. The van der Waals surface area contributed by atoms with Crippen LogP contribution in [-0.4, -0.2) is 46.4 Å². The van der Waals surface area contributed by atoms with E-state index >= 15 is 4.39 Å². The molecule has 6 rings (SSSR count). The van der Waals surface area contributed by atoms with E-state index in [1.165, 1.54) is 6.20 Å². The second-order valence-corrected chi connectivity index (χ2v) is 9.08. The molecule has 0 aliphatic heterocycles. The van der Waals surface area contributed by atoms with Gasteiger partial charge in [-0.15, -0.1) is 0 Å². The fraction of sp³-hybridized carbons (Fsp3) is 0.261. The van der Waals surface area contributed by atoms with Gasteiger partial charge >= 0.3 is 0 Å². The molecule has 4 heterocycles. The van der Waals surface area contributed by atoms with Gasteiger partial charge in [0, 0.05) is 28.9 Å². The van der Waals surface area contributed by atoms with Crippen molar-refractivity contribution in [3.63, 3.8) is 0 Å². The Balaban J connectivity index is 1.42. The van der Waals surface area contributed by atoms with Crippen LogP contribution in [0.15, 0.2) is 37.1 Å². The third kappa shape index (κ3) is 3.54. The van der Waals surface area contributed by atoms with Crippen molar-refractivity contribution in [3.8, 4) is 11.3 Å². The highest BCUT2D eigenvalue weighted by Crippen LogP contribution is 2.41. The Labute approximate surface area is 202 Å². The number of alkyl halides is 1. The van der Waals surface area contributed by atoms with Crippen molar-refractivity contribution in [2.24, 2.45) is 5.92 Å². The lowest BCUT2D eigenvalue weighted by Gasteiger charge is -2.18. The zero-order chi connectivity index (χ0) is 24.4. The van der Waals surface area contributed by atoms with Gasteiger partial charge in [0.25, 0.3) is 0 Å². The van der Waals surface area contributed by atoms with Gasteiger partial charge in [0.15, 0.2) is 11.5 Å². The number of aromatic nitrogens is 7. The summed E-state index contributed by atoms with van der Waals surface area (Å²) >= 11 is 6.58. The molecule has 0 saturated heterocycles. The third-order valence-corrected chi connectivity index (χ3v) is 6.64. The van der Waals surface area contributed by atoms with Crippen molar-refractivity contribution in [2.45, 2.75) is 32.5 Å². The van der Waals surface area contributed by atoms with E-state index in [0.717, 1.165) is 5.69 Å². The number of halogens is 3. The van der Waals surface area contributed by atoms with Gasteiger partial charge in [-0.25, -0.2) is 13.8 Å². The van der Waals surface area contributed by atoms with Gasteiger partial charge in [0.2, 0.25) is 5.91 Å². The number of nitrogens with one attached hydrogen (secondary N) is 2. The highest BCUT2D eigenvalue weighted by atomic mass is 35.5. The normalized spacial score (nSPS) is 18.3. The molecule has 1 unspecified atom stereocenters. The lowest BCUT2D eigenvalue weighted by Crippen LogP contribution is -2.15. The van der Waals surface area contributed by atoms with E-state index in [1.54, 1.807) is 33.9 Å². The van der Waals surface area contributed by atoms with Crippen LogP contribution in [0.5, 0.6) is 0 Å². The molecule has 0 bridgehead atoms. The second kappa shape index (κ2) is 7.84. The van der Waals surface area contributed by atoms with Crippen molar-refractivity contribution in [1.82, 2.24) is 34.3 Å². The van der Waals surface area contributed by atoms with Crippen molar-refractivity contribution < 1.29 is 13.6 Å². The molecule has 1 fully saturated rings. The zero-order valence-corrected chi connectivity index (χ0v) is 19.4. The maximum atomic E-state index is 15.7. The number of nitrogens with zero attached hydrogens (tertiary/aromatic N) is 6. The molecule has 178 valence electrons. The summed E-state index contributed by atoms with van der Waals surface area (Å²) < 4.78 is 32.2. The number of fused-ring (bicyclic) bond motifs is 2. The van der Waals surface area contributed by atoms with Crippen LogP contribution in [0.3, 0.4) is 0 Å². The number of imidazole rings is 1. The van der Waals surface area contributed by atoms with Crippen LogP contribution in [0.25, 0.3) is 27.8 Å². The minimum absolute atomic E-state index is 0.0900.